The van der Waals surface area contributed by atoms with E-state index in [1.807, 2.05) is 0 Å². The first-order chi connectivity index (χ1) is 7.42. The smallest absolute Gasteiger partial charge is 0.122 e. The zero-order valence-electron chi connectivity index (χ0n) is 10.4. The minimum atomic E-state index is -0.951. The van der Waals surface area contributed by atoms with Gasteiger partial charge in [0, 0.05) is 17.1 Å². The van der Waals surface area contributed by atoms with Gasteiger partial charge in [0.15, 0.2) is 0 Å². The van der Waals surface area contributed by atoms with Crippen LogP contribution in [0.5, 0.6) is 0 Å². The molecule has 1 N–H and O–H groups in total. The molecule has 0 saturated heterocycles. The molecule has 0 aromatic heterocycles. The molecular formula is C12H22O3S. The average molecular weight is 246 g/mol. The van der Waals surface area contributed by atoms with Gasteiger partial charge in [-0.05, 0) is 36.5 Å². The van der Waals surface area contributed by atoms with E-state index in [1.165, 1.54) is 0 Å². The third-order valence-electron chi connectivity index (χ3n) is 4.80. The zero-order valence-corrected chi connectivity index (χ0v) is 11.2. The number of rotatable bonds is 4. The van der Waals surface area contributed by atoms with E-state index in [0.717, 1.165) is 25.2 Å². The summed E-state index contributed by atoms with van der Waals surface area (Å²) >= 11 is 0. The largest absolute Gasteiger partial charge is 0.393 e. The van der Waals surface area contributed by atoms with Gasteiger partial charge in [-0.25, -0.2) is 0 Å². The van der Waals surface area contributed by atoms with Crippen molar-refractivity contribution >= 4 is 10.8 Å². The summed E-state index contributed by atoms with van der Waals surface area (Å²) in [5.74, 6) is 1.46. The molecule has 0 aromatic carbocycles. The first-order valence-electron chi connectivity index (χ1n) is 5.97. The van der Waals surface area contributed by atoms with E-state index in [9.17, 15) is 9.32 Å². The zero-order chi connectivity index (χ0) is 12.0. The summed E-state index contributed by atoms with van der Waals surface area (Å²) < 4.78 is 16.9. The van der Waals surface area contributed by atoms with Crippen LogP contribution in [-0.2, 0) is 15.5 Å². The van der Waals surface area contributed by atoms with Crippen LogP contribution in [0.15, 0.2) is 0 Å². The van der Waals surface area contributed by atoms with Gasteiger partial charge in [0.2, 0.25) is 0 Å². The van der Waals surface area contributed by atoms with Gasteiger partial charge in [-0.1, -0.05) is 13.8 Å². The van der Waals surface area contributed by atoms with E-state index in [0.29, 0.717) is 5.92 Å². The fourth-order valence-corrected chi connectivity index (χ4v) is 4.00. The molecule has 0 heterocycles. The highest BCUT2D eigenvalue weighted by molar-refractivity contribution is 7.84. The average Bonchev–Trinajstić information content (AvgIpc) is 2.26. The van der Waals surface area contributed by atoms with Crippen molar-refractivity contribution in [1.29, 1.82) is 0 Å². The lowest BCUT2D eigenvalue weighted by Crippen LogP contribution is -2.64. The van der Waals surface area contributed by atoms with Gasteiger partial charge >= 0.3 is 0 Å². The van der Waals surface area contributed by atoms with Crippen LogP contribution in [0.2, 0.25) is 0 Å². The molecule has 94 valence electrons. The Morgan fingerprint density at radius 3 is 2.62 bits per heavy atom. The Morgan fingerprint density at radius 1 is 1.50 bits per heavy atom. The Kier molecular flexibility index (Phi) is 3.19. The van der Waals surface area contributed by atoms with Crippen LogP contribution < -0.4 is 0 Å². The van der Waals surface area contributed by atoms with Crippen LogP contribution in [-0.4, -0.2) is 33.7 Å². The predicted octanol–water partition coefficient (Wildman–Crippen LogP) is 1.53. The van der Waals surface area contributed by atoms with Crippen molar-refractivity contribution in [3.05, 3.63) is 0 Å². The molecule has 3 nitrogen and oxygen atoms in total. The highest BCUT2D eigenvalue weighted by atomic mass is 32.2. The van der Waals surface area contributed by atoms with Crippen molar-refractivity contribution in [2.45, 2.75) is 38.7 Å². The van der Waals surface area contributed by atoms with Crippen LogP contribution in [0.25, 0.3) is 0 Å². The Hall–Kier alpha value is 0.0700. The van der Waals surface area contributed by atoms with Gasteiger partial charge in [0.1, 0.15) is 5.94 Å². The molecule has 3 saturated carbocycles. The molecule has 3 aliphatic carbocycles. The fraction of sp³-hybridized carbons (Fsp3) is 1.00. The molecule has 0 amide bonds. The third kappa shape index (κ3) is 1.75. The normalized spacial score (nSPS) is 42.5. The summed E-state index contributed by atoms with van der Waals surface area (Å²) in [4.78, 5) is 0. The molecule has 4 unspecified atom stereocenters. The molecule has 3 rings (SSSR count). The minimum absolute atomic E-state index is 0.0605. The van der Waals surface area contributed by atoms with Crippen molar-refractivity contribution in [1.82, 2.24) is 0 Å². The number of hydrogen-bond donors (Lipinski definition) is 1. The minimum Gasteiger partial charge on any atom is -0.393 e. The van der Waals surface area contributed by atoms with Gasteiger partial charge in [-0.2, -0.15) is 0 Å². The van der Waals surface area contributed by atoms with E-state index in [-0.39, 0.29) is 18.0 Å². The summed E-state index contributed by atoms with van der Waals surface area (Å²) in [7, 11) is -0.951. The molecule has 0 radical (unpaired) electrons. The molecule has 4 heteroatoms. The maximum Gasteiger partial charge on any atom is 0.122 e. The lowest BCUT2D eigenvalue weighted by molar-refractivity contribution is -0.231. The molecule has 0 aliphatic heterocycles. The van der Waals surface area contributed by atoms with Gasteiger partial charge in [0.05, 0.1) is 12.2 Å². The van der Waals surface area contributed by atoms with Crippen molar-refractivity contribution in [3.8, 4) is 0 Å². The van der Waals surface area contributed by atoms with Crippen molar-refractivity contribution in [3.63, 3.8) is 0 Å². The Labute approximate surface area is 100 Å². The first-order valence-corrected chi connectivity index (χ1v) is 7.70. The summed E-state index contributed by atoms with van der Waals surface area (Å²) in [6.45, 7) is 4.59. The standard InChI is InChI=1S/C12H22O3S/c1-11(2)9-4-5-12(7-13,10(11)6-9)15-8-16(3)14/h9-10,13H,4-8H2,1-3H3. The summed E-state index contributed by atoms with van der Waals surface area (Å²) in [6.07, 6.45) is 4.84. The van der Waals surface area contributed by atoms with Crippen LogP contribution in [0.3, 0.4) is 0 Å². The third-order valence-corrected chi connectivity index (χ3v) is 5.25. The molecule has 3 aliphatic rings. The highest BCUT2D eigenvalue weighted by Gasteiger charge is 2.61. The lowest BCUT2D eigenvalue weighted by Gasteiger charge is -2.64. The number of ether oxygens (including phenoxy) is 1. The summed E-state index contributed by atoms with van der Waals surface area (Å²) in [5, 5.41) is 9.66. The molecule has 4 atom stereocenters. The van der Waals surface area contributed by atoms with Crippen molar-refractivity contribution in [2.24, 2.45) is 17.3 Å². The number of fused-ring (bicyclic) bond motifs is 2. The lowest BCUT2D eigenvalue weighted by atomic mass is 9.44. The fourth-order valence-electron chi connectivity index (χ4n) is 3.60. The first kappa shape index (κ1) is 12.5. The maximum absolute atomic E-state index is 11.1. The summed E-state index contributed by atoms with van der Waals surface area (Å²) in [6, 6.07) is 0. The van der Waals surface area contributed by atoms with Gasteiger partial charge < -0.3 is 9.84 Å². The van der Waals surface area contributed by atoms with E-state index >= 15 is 0 Å². The molecule has 16 heavy (non-hydrogen) atoms. The van der Waals surface area contributed by atoms with E-state index in [2.05, 4.69) is 13.8 Å². The van der Waals surface area contributed by atoms with Crippen LogP contribution in [0.1, 0.15) is 33.1 Å². The number of aliphatic hydroxyl groups excluding tert-OH is 1. The summed E-state index contributed by atoms with van der Waals surface area (Å²) in [5.41, 5.74) is -0.153. The Bertz CT molecular complexity index is 301. The SMILES string of the molecule is CS(=O)COC1(CO)CCC2CC1C2(C)C. The topological polar surface area (TPSA) is 46.5 Å². The maximum atomic E-state index is 11.1. The van der Waals surface area contributed by atoms with E-state index in [1.54, 1.807) is 6.26 Å². The van der Waals surface area contributed by atoms with Gasteiger partial charge in [-0.15, -0.1) is 0 Å². The number of aliphatic hydroxyl groups is 1. The van der Waals surface area contributed by atoms with E-state index in [4.69, 9.17) is 4.74 Å². The van der Waals surface area contributed by atoms with Gasteiger partial charge in [-0.3, -0.25) is 4.21 Å². The molecule has 0 aromatic rings. The molecule has 3 fully saturated rings. The molecule has 0 spiro atoms. The Morgan fingerprint density at radius 2 is 2.19 bits per heavy atom. The van der Waals surface area contributed by atoms with Crippen molar-refractivity contribution < 1.29 is 14.1 Å². The predicted molar refractivity (Wildman–Crippen MR) is 64.4 cm³/mol. The second-order valence-electron chi connectivity index (χ2n) is 5.90. The second kappa shape index (κ2) is 4.07. The molecular weight excluding hydrogens is 224 g/mol. The van der Waals surface area contributed by atoms with Crippen LogP contribution in [0.4, 0.5) is 0 Å². The molecule has 2 bridgehead atoms. The monoisotopic (exact) mass is 246 g/mol. The van der Waals surface area contributed by atoms with Crippen LogP contribution in [0, 0.1) is 17.3 Å². The van der Waals surface area contributed by atoms with Gasteiger partial charge in [0.25, 0.3) is 0 Å². The highest BCUT2D eigenvalue weighted by Crippen LogP contribution is 2.63. The van der Waals surface area contributed by atoms with E-state index < -0.39 is 16.4 Å². The second-order valence-corrected chi connectivity index (χ2v) is 7.29. The quantitative estimate of drug-likeness (QED) is 0.818. The Balaban J connectivity index is 2.11. The van der Waals surface area contributed by atoms with Crippen LogP contribution >= 0.6 is 0 Å². The van der Waals surface area contributed by atoms with Crippen molar-refractivity contribution in [2.75, 3.05) is 18.8 Å². The number of hydrogen-bond acceptors (Lipinski definition) is 3.